The zero-order valence-electron chi connectivity index (χ0n) is 18.2. The van der Waals surface area contributed by atoms with E-state index < -0.39 is 0 Å². The molecule has 0 radical (unpaired) electrons. The van der Waals surface area contributed by atoms with Crippen molar-refractivity contribution in [3.63, 3.8) is 0 Å². The SMILES string of the molecule is N#CCN1CCCC(c2cccc(Nc3nc(C(=O)NCc4ccc(CO)cc4)cs3)n2)C1. The molecule has 0 aliphatic carbocycles. The second-order valence-electron chi connectivity index (χ2n) is 8.00. The Bertz CT molecular complexity index is 1120. The van der Waals surface area contributed by atoms with Gasteiger partial charge in [0.2, 0.25) is 0 Å². The van der Waals surface area contributed by atoms with E-state index in [4.69, 9.17) is 15.4 Å². The number of piperidine rings is 1. The lowest BCUT2D eigenvalue weighted by Gasteiger charge is -2.30. The molecule has 1 atom stereocenters. The van der Waals surface area contributed by atoms with Gasteiger partial charge in [0, 0.05) is 30.1 Å². The monoisotopic (exact) mass is 462 g/mol. The fraction of sp³-hybridized carbons (Fsp3) is 0.333. The van der Waals surface area contributed by atoms with Crippen molar-refractivity contribution >= 4 is 28.2 Å². The maximum atomic E-state index is 12.5. The number of amides is 1. The van der Waals surface area contributed by atoms with Crippen LogP contribution in [-0.4, -0.2) is 45.5 Å². The number of likely N-dealkylation sites (tertiary alicyclic amines) is 1. The second kappa shape index (κ2) is 11.0. The first-order chi connectivity index (χ1) is 16.1. The van der Waals surface area contributed by atoms with Crippen LogP contribution in [0.4, 0.5) is 10.9 Å². The predicted molar refractivity (Wildman–Crippen MR) is 127 cm³/mol. The highest BCUT2D eigenvalue weighted by atomic mass is 32.1. The Morgan fingerprint density at radius 2 is 2.03 bits per heavy atom. The standard InChI is InChI=1S/C24H26N6O2S/c25-10-12-30-11-2-3-19(14-30)20-4-1-5-22(27-20)29-24-28-21(16-33-24)23(32)26-13-17-6-8-18(15-31)9-7-17/h1,4-9,16,19,31H,2-3,11-15H2,(H,26,32)(H,27,28,29). The maximum absolute atomic E-state index is 12.5. The van der Waals surface area contributed by atoms with Crippen molar-refractivity contribution in [3.8, 4) is 6.07 Å². The van der Waals surface area contributed by atoms with Crippen molar-refractivity contribution in [1.29, 1.82) is 5.26 Å². The minimum Gasteiger partial charge on any atom is -0.392 e. The Balaban J connectivity index is 1.34. The highest BCUT2D eigenvalue weighted by Crippen LogP contribution is 2.27. The van der Waals surface area contributed by atoms with Gasteiger partial charge in [0.15, 0.2) is 5.13 Å². The summed E-state index contributed by atoms with van der Waals surface area (Å²) >= 11 is 1.35. The van der Waals surface area contributed by atoms with Crippen LogP contribution in [0.2, 0.25) is 0 Å². The van der Waals surface area contributed by atoms with E-state index >= 15 is 0 Å². The number of carbonyl (C=O) groups is 1. The summed E-state index contributed by atoms with van der Waals surface area (Å²) in [5, 5.41) is 26.5. The molecule has 1 amide bonds. The average Bonchev–Trinajstić information content (AvgIpc) is 3.32. The molecule has 1 saturated heterocycles. The number of carbonyl (C=O) groups excluding carboxylic acids is 1. The number of aromatic nitrogens is 2. The molecule has 3 heterocycles. The van der Waals surface area contributed by atoms with E-state index in [9.17, 15) is 4.79 Å². The van der Waals surface area contributed by atoms with E-state index in [0.29, 0.717) is 35.7 Å². The topological polar surface area (TPSA) is 114 Å². The van der Waals surface area contributed by atoms with E-state index in [1.807, 2.05) is 42.5 Å². The molecule has 3 aromatic rings. The number of thiazole rings is 1. The van der Waals surface area contributed by atoms with Crippen LogP contribution in [0.3, 0.4) is 0 Å². The van der Waals surface area contributed by atoms with Gasteiger partial charge < -0.3 is 15.7 Å². The number of hydrogen-bond acceptors (Lipinski definition) is 8. The highest BCUT2D eigenvalue weighted by molar-refractivity contribution is 7.14. The van der Waals surface area contributed by atoms with E-state index in [1.54, 1.807) is 5.38 Å². The van der Waals surface area contributed by atoms with E-state index in [2.05, 4.69) is 26.6 Å². The number of anilines is 2. The third kappa shape index (κ3) is 6.14. The first kappa shape index (κ1) is 22.9. The van der Waals surface area contributed by atoms with Gasteiger partial charge in [-0.1, -0.05) is 30.3 Å². The van der Waals surface area contributed by atoms with Crippen LogP contribution in [0.1, 0.15) is 46.1 Å². The summed E-state index contributed by atoms with van der Waals surface area (Å²) in [6, 6.07) is 15.5. The van der Waals surface area contributed by atoms with Gasteiger partial charge in [-0.3, -0.25) is 9.69 Å². The molecule has 33 heavy (non-hydrogen) atoms. The predicted octanol–water partition coefficient (Wildman–Crippen LogP) is 3.41. The van der Waals surface area contributed by atoms with Crippen LogP contribution >= 0.6 is 11.3 Å². The molecule has 1 aliphatic rings. The lowest BCUT2D eigenvalue weighted by Crippen LogP contribution is -2.34. The molecule has 1 fully saturated rings. The molecule has 0 saturated carbocycles. The Hall–Kier alpha value is -3.32. The Labute approximate surface area is 196 Å². The van der Waals surface area contributed by atoms with E-state index in [0.717, 1.165) is 42.8 Å². The fourth-order valence-electron chi connectivity index (χ4n) is 3.87. The van der Waals surface area contributed by atoms with Gasteiger partial charge in [-0.2, -0.15) is 5.26 Å². The Morgan fingerprint density at radius 1 is 1.21 bits per heavy atom. The van der Waals surface area contributed by atoms with Crippen molar-refractivity contribution in [1.82, 2.24) is 20.2 Å². The van der Waals surface area contributed by atoms with Crippen molar-refractivity contribution in [2.75, 3.05) is 25.0 Å². The highest BCUT2D eigenvalue weighted by Gasteiger charge is 2.22. The van der Waals surface area contributed by atoms with Gasteiger partial charge in [-0.25, -0.2) is 9.97 Å². The number of rotatable bonds is 8. The normalized spacial score (nSPS) is 16.2. The molecule has 0 bridgehead atoms. The summed E-state index contributed by atoms with van der Waals surface area (Å²) in [5.41, 5.74) is 3.14. The van der Waals surface area contributed by atoms with Crippen molar-refractivity contribution in [3.05, 3.63) is 70.4 Å². The van der Waals surface area contributed by atoms with Crippen LogP contribution in [0.5, 0.6) is 0 Å². The quantitative estimate of drug-likeness (QED) is 0.440. The molecular formula is C24H26N6O2S. The number of aliphatic hydroxyl groups is 1. The van der Waals surface area contributed by atoms with Gasteiger partial charge in [-0.05, 0) is 42.6 Å². The summed E-state index contributed by atoms with van der Waals surface area (Å²) in [5.74, 6) is 0.750. The molecule has 1 aromatic carbocycles. The molecule has 3 N–H and O–H groups in total. The summed E-state index contributed by atoms with van der Waals surface area (Å²) in [4.78, 5) is 23.8. The first-order valence-corrected chi connectivity index (χ1v) is 11.8. The number of pyridine rings is 1. The van der Waals surface area contributed by atoms with E-state index in [-0.39, 0.29) is 12.5 Å². The fourth-order valence-corrected chi connectivity index (χ4v) is 4.57. The number of nitrogens with one attached hydrogen (secondary N) is 2. The van der Waals surface area contributed by atoms with Crippen LogP contribution in [0, 0.1) is 11.3 Å². The van der Waals surface area contributed by atoms with Gasteiger partial charge in [0.25, 0.3) is 5.91 Å². The number of benzene rings is 1. The third-order valence-electron chi connectivity index (χ3n) is 5.62. The minimum absolute atomic E-state index is 0.000695. The molecule has 0 spiro atoms. The number of nitriles is 1. The van der Waals surface area contributed by atoms with Gasteiger partial charge in [0.05, 0.1) is 19.2 Å². The zero-order chi connectivity index (χ0) is 23.0. The summed E-state index contributed by atoms with van der Waals surface area (Å²) in [6.07, 6.45) is 2.12. The average molecular weight is 463 g/mol. The molecular weight excluding hydrogens is 436 g/mol. The zero-order valence-corrected chi connectivity index (χ0v) is 19.0. The summed E-state index contributed by atoms with van der Waals surface area (Å²) < 4.78 is 0. The van der Waals surface area contributed by atoms with Crippen molar-refractivity contribution in [2.24, 2.45) is 0 Å². The molecule has 1 unspecified atom stereocenters. The van der Waals surface area contributed by atoms with E-state index in [1.165, 1.54) is 11.3 Å². The number of aliphatic hydroxyl groups excluding tert-OH is 1. The molecule has 9 heteroatoms. The maximum Gasteiger partial charge on any atom is 0.271 e. The van der Waals surface area contributed by atoms with Crippen molar-refractivity contribution < 1.29 is 9.90 Å². The summed E-state index contributed by atoms with van der Waals surface area (Å²) in [7, 11) is 0. The molecule has 4 rings (SSSR count). The van der Waals surface area contributed by atoms with Crippen LogP contribution in [0.25, 0.3) is 0 Å². The molecule has 170 valence electrons. The number of nitrogens with zero attached hydrogens (tertiary/aromatic N) is 4. The van der Waals surface area contributed by atoms with Gasteiger partial charge in [-0.15, -0.1) is 11.3 Å². The second-order valence-corrected chi connectivity index (χ2v) is 8.86. The Kier molecular flexibility index (Phi) is 7.62. The lowest BCUT2D eigenvalue weighted by molar-refractivity contribution is 0.0946. The molecule has 2 aromatic heterocycles. The largest absolute Gasteiger partial charge is 0.392 e. The minimum atomic E-state index is -0.243. The van der Waals surface area contributed by atoms with Crippen LogP contribution < -0.4 is 10.6 Å². The number of hydrogen-bond donors (Lipinski definition) is 3. The molecule has 8 nitrogen and oxygen atoms in total. The van der Waals surface area contributed by atoms with Gasteiger partial charge >= 0.3 is 0 Å². The molecule has 1 aliphatic heterocycles. The van der Waals surface area contributed by atoms with Crippen molar-refractivity contribution in [2.45, 2.75) is 31.9 Å². The smallest absolute Gasteiger partial charge is 0.271 e. The first-order valence-electron chi connectivity index (χ1n) is 10.9. The third-order valence-corrected chi connectivity index (χ3v) is 6.38. The van der Waals surface area contributed by atoms with Crippen LogP contribution in [-0.2, 0) is 13.2 Å². The van der Waals surface area contributed by atoms with Crippen LogP contribution in [0.15, 0.2) is 47.8 Å². The summed E-state index contributed by atoms with van der Waals surface area (Å²) in [6.45, 7) is 2.64. The van der Waals surface area contributed by atoms with Gasteiger partial charge in [0.1, 0.15) is 11.5 Å². The Morgan fingerprint density at radius 3 is 2.82 bits per heavy atom. The lowest BCUT2D eigenvalue weighted by atomic mass is 9.94.